The van der Waals surface area contributed by atoms with Gasteiger partial charge in [0.15, 0.2) is 5.17 Å². The fraction of sp³-hybridized carbons (Fsp3) is 0.0625. The number of aromatic nitrogens is 1. The van der Waals surface area contributed by atoms with E-state index in [1.807, 2.05) is 30.3 Å². The van der Waals surface area contributed by atoms with Crippen molar-refractivity contribution in [2.45, 2.75) is 11.4 Å². The number of thioether (sulfide) groups is 1. The minimum Gasteiger partial charge on any atom is -0.378 e. The highest BCUT2D eigenvalue weighted by molar-refractivity contribution is 14.0. The number of nitrogens with two attached hydrogens (primary N) is 1. The summed E-state index contributed by atoms with van der Waals surface area (Å²) in [5.74, 6) is 0. The van der Waals surface area contributed by atoms with Gasteiger partial charge in [0, 0.05) is 28.5 Å². The fourth-order valence-corrected chi connectivity index (χ4v) is 3.02. The molecule has 3 rings (SSSR count). The zero-order valence-corrected chi connectivity index (χ0v) is 14.5. The van der Waals surface area contributed by atoms with E-state index in [2.05, 4.69) is 35.0 Å². The topological polar surface area (TPSA) is 54.8 Å². The monoisotopic (exact) mass is 409 g/mol. The Hall–Kier alpha value is -1.47. The van der Waals surface area contributed by atoms with E-state index in [-0.39, 0.29) is 29.1 Å². The van der Waals surface area contributed by atoms with Crippen LogP contribution < -0.4 is 5.73 Å². The van der Waals surface area contributed by atoms with Gasteiger partial charge in [-0.3, -0.25) is 5.41 Å². The second-order valence-corrected chi connectivity index (χ2v) is 5.67. The van der Waals surface area contributed by atoms with E-state index in [0.29, 0.717) is 0 Å². The van der Waals surface area contributed by atoms with Gasteiger partial charge in [-0.2, -0.15) is 0 Å². The molecule has 3 aromatic rings. The number of nitrogens with one attached hydrogen (secondary N) is 1. The van der Waals surface area contributed by atoms with Gasteiger partial charge in [-0.05, 0) is 11.6 Å². The Morgan fingerprint density at radius 3 is 2.43 bits per heavy atom. The van der Waals surface area contributed by atoms with Crippen molar-refractivity contribution in [1.82, 2.24) is 4.57 Å². The van der Waals surface area contributed by atoms with Crippen LogP contribution >= 0.6 is 35.7 Å². The fourth-order valence-electron chi connectivity index (χ4n) is 2.32. The van der Waals surface area contributed by atoms with Gasteiger partial charge >= 0.3 is 0 Å². The normalized spacial score (nSPS) is 10.3. The number of rotatable bonds is 3. The van der Waals surface area contributed by atoms with Crippen LogP contribution in [-0.4, -0.2) is 9.73 Å². The zero-order valence-electron chi connectivity index (χ0n) is 11.3. The molecule has 0 unspecified atom stereocenters. The van der Waals surface area contributed by atoms with Crippen LogP contribution in [0.5, 0.6) is 0 Å². The number of amidine groups is 1. The molecular weight excluding hydrogens is 393 g/mol. The first-order chi connectivity index (χ1) is 9.74. The van der Waals surface area contributed by atoms with Gasteiger partial charge in [-0.1, -0.05) is 60.3 Å². The van der Waals surface area contributed by atoms with Crippen LogP contribution in [0, 0.1) is 5.41 Å². The Bertz CT molecular complexity index is 753. The van der Waals surface area contributed by atoms with Crippen LogP contribution in [0.1, 0.15) is 5.56 Å². The highest BCUT2D eigenvalue weighted by Gasteiger charge is 2.09. The molecule has 0 bridgehead atoms. The predicted octanol–water partition coefficient (Wildman–Crippen LogP) is 4.29. The lowest BCUT2D eigenvalue weighted by Gasteiger charge is -2.05. The molecular formula is C16H16IN3S. The average molecular weight is 409 g/mol. The molecule has 3 N–H and O–H groups in total. The van der Waals surface area contributed by atoms with Crippen molar-refractivity contribution >= 4 is 51.8 Å². The summed E-state index contributed by atoms with van der Waals surface area (Å²) < 4.78 is 2.20. The van der Waals surface area contributed by atoms with Crippen molar-refractivity contribution < 1.29 is 0 Å². The Kier molecular flexibility index (Phi) is 5.30. The first kappa shape index (κ1) is 15.9. The van der Waals surface area contributed by atoms with E-state index in [1.54, 1.807) is 0 Å². The van der Waals surface area contributed by atoms with Gasteiger partial charge in [0.05, 0.1) is 0 Å². The zero-order chi connectivity index (χ0) is 13.9. The molecule has 0 aliphatic heterocycles. The number of benzene rings is 2. The number of hydrogen-bond acceptors (Lipinski definition) is 2. The standard InChI is InChI=1S/C16H15N3S.HI/c17-16(18)20-15-11-19(10-12-6-2-1-3-7-12)14-9-5-4-8-13(14)15;/h1-9,11H,10H2,(H3,17,18);1H. The summed E-state index contributed by atoms with van der Waals surface area (Å²) in [6.07, 6.45) is 2.07. The summed E-state index contributed by atoms with van der Waals surface area (Å²) >= 11 is 1.30. The Morgan fingerprint density at radius 1 is 1.05 bits per heavy atom. The molecule has 21 heavy (non-hydrogen) atoms. The highest BCUT2D eigenvalue weighted by atomic mass is 127. The lowest BCUT2D eigenvalue weighted by Crippen LogP contribution is -2.02. The van der Waals surface area contributed by atoms with E-state index in [1.165, 1.54) is 22.8 Å². The maximum absolute atomic E-state index is 7.47. The van der Waals surface area contributed by atoms with Crippen LogP contribution in [0.25, 0.3) is 10.9 Å². The number of halogens is 1. The minimum absolute atomic E-state index is 0. The number of fused-ring (bicyclic) bond motifs is 1. The summed E-state index contributed by atoms with van der Waals surface area (Å²) in [6, 6.07) is 18.6. The second-order valence-electron chi connectivity index (χ2n) is 4.59. The van der Waals surface area contributed by atoms with Crippen LogP contribution in [0.2, 0.25) is 0 Å². The first-order valence-corrected chi connectivity index (χ1v) is 7.19. The van der Waals surface area contributed by atoms with Crippen molar-refractivity contribution in [3.8, 4) is 0 Å². The van der Waals surface area contributed by atoms with E-state index in [4.69, 9.17) is 11.1 Å². The third kappa shape index (κ3) is 3.59. The van der Waals surface area contributed by atoms with Gasteiger partial charge in [-0.15, -0.1) is 24.0 Å². The van der Waals surface area contributed by atoms with Crippen molar-refractivity contribution in [2.24, 2.45) is 5.73 Å². The lowest BCUT2D eigenvalue weighted by atomic mass is 10.2. The van der Waals surface area contributed by atoms with Gasteiger partial charge < -0.3 is 10.3 Å². The van der Waals surface area contributed by atoms with Crippen LogP contribution in [-0.2, 0) is 6.54 Å². The molecule has 3 nitrogen and oxygen atoms in total. The Morgan fingerprint density at radius 2 is 1.71 bits per heavy atom. The molecule has 0 aliphatic rings. The third-order valence-electron chi connectivity index (χ3n) is 3.17. The predicted molar refractivity (Wildman–Crippen MR) is 101 cm³/mol. The van der Waals surface area contributed by atoms with Crippen molar-refractivity contribution in [3.63, 3.8) is 0 Å². The third-order valence-corrected chi connectivity index (χ3v) is 3.93. The Balaban J connectivity index is 0.00000161. The van der Waals surface area contributed by atoms with Crippen LogP contribution in [0.3, 0.4) is 0 Å². The number of hydrogen-bond donors (Lipinski definition) is 2. The van der Waals surface area contributed by atoms with Gasteiger partial charge in [0.1, 0.15) is 0 Å². The summed E-state index contributed by atoms with van der Waals surface area (Å²) in [4.78, 5) is 1.03. The lowest BCUT2D eigenvalue weighted by molar-refractivity contribution is 0.830. The van der Waals surface area contributed by atoms with Gasteiger partial charge in [-0.25, -0.2) is 0 Å². The van der Waals surface area contributed by atoms with E-state index < -0.39 is 0 Å². The second kappa shape index (κ2) is 7.00. The molecule has 1 aromatic heterocycles. The summed E-state index contributed by atoms with van der Waals surface area (Å²) in [6.45, 7) is 0.819. The molecule has 2 aromatic carbocycles. The number of nitrogens with zero attached hydrogens (tertiary/aromatic N) is 1. The molecule has 0 radical (unpaired) electrons. The highest BCUT2D eigenvalue weighted by Crippen LogP contribution is 2.30. The SMILES string of the molecule is I.N=C(N)Sc1cn(Cc2ccccc2)c2ccccc12. The average Bonchev–Trinajstić information content (AvgIpc) is 2.78. The van der Waals surface area contributed by atoms with Crippen LogP contribution in [0.4, 0.5) is 0 Å². The summed E-state index contributed by atoms with van der Waals surface area (Å²) in [7, 11) is 0. The molecule has 5 heteroatoms. The number of para-hydroxylation sites is 1. The quantitative estimate of drug-likeness (QED) is 0.294. The van der Waals surface area contributed by atoms with Crippen molar-refractivity contribution in [3.05, 3.63) is 66.4 Å². The maximum Gasteiger partial charge on any atom is 0.156 e. The molecule has 0 fully saturated rings. The summed E-state index contributed by atoms with van der Waals surface area (Å²) in [5, 5.41) is 8.73. The molecule has 0 amide bonds. The van der Waals surface area contributed by atoms with Crippen LogP contribution in [0.15, 0.2) is 65.7 Å². The van der Waals surface area contributed by atoms with E-state index in [0.717, 1.165) is 16.8 Å². The smallest absolute Gasteiger partial charge is 0.156 e. The van der Waals surface area contributed by atoms with Crippen molar-refractivity contribution in [1.29, 1.82) is 5.41 Å². The van der Waals surface area contributed by atoms with Gasteiger partial charge in [0.25, 0.3) is 0 Å². The maximum atomic E-state index is 7.47. The molecule has 108 valence electrons. The van der Waals surface area contributed by atoms with Gasteiger partial charge in [0.2, 0.25) is 0 Å². The molecule has 1 heterocycles. The first-order valence-electron chi connectivity index (χ1n) is 6.38. The summed E-state index contributed by atoms with van der Waals surface area (Å²) in [5.41, 5.74) is 7.94. The molecule has 0 saturated carbocycles. The molecule has 0 saturated heterocycles. The Labute approximate surface area is 145 Å². The van der Waals surface area contributed by atoms with Crippen molar-refractivity contribution in [2.75, 3.05) is 0 Å². The van der Waals surface area contributed by atoms with E-state index >= 15 is 0 Å². The molecule has 0 atom stereocenters. The largest absolute Gasteiger partial charge is 0.378 e. The molecule has 0 aliphatic carbocycles. The molecule has 0 spiro atoms. The van der Waals surface area contributed by atoms with E-state index in [9.17, 15) is 0 Å². The minimum atomic E-state index is 0.